The summed E-state index contributed by atoms with van der Waals surface area (Å²) < 4.78 is 74.9. The molecule has 2 amide bonds. The summed E-state index contributed by atoms with van der Waals surface area (Å²) in [6.45, 7) is 7.06. The molecule has 0 bridgehead atoms. The van der Waals surface area contributed by atoms with Crippen LogP contribution in [0, 0.1) is 6.92 Å². The molecule has 0 heterocycles. The topological polar surface area (TPSA) is 96.2 Å². The number of halogens is 6. The van der Waals surface area contributed by atoms with E-state index in [2.05, 4.69) is 0 Å². The SMILES string of the molecule is CC.CCC(NC(=O)NNC)(C(F)(F)F)C(F)(F)F.Cc1ccc(CN)c(C=O)c1. The van der Waals surface area contributed by atoms with E-state index in [4.69, 9.17) is 5.73 Å². The molecule has 0 aliphatic carbocycles. The van der Waals surface area contributed by atoms with Gasteiger partial charge in [-0.2, -0.15) is 26.3 Å². The Morgan fingerprint density at radius 1 is 1.10 bits per heavy atom. The third kappa shape index (κ3) is 8.19. The van der Waals surface area contributed by atoms with Crippen molar-refractivity contribution in [2.45, 2.75) is 58.6 Å². The standard InChI is InChI=1S/C9H11NO.C7H11F6N3O.C2H6/c1-7-2-3-8(5-10)9(4-7)6-11;1-3-5(6(8,9)10,7(11,12)13)15-4(17)16-14-2;1-2/h2-4,6H,5,10H2,1H3;14H,3H2,1-2H3,(H2,15,16,17);1-2H3. The number of urea groups is 1. The van der Waals surface area contributed by atoms with Crippen LogP contribution in [0.4, 0.5) is 31.1 Å². The van der Waals surface area contributed by atoms with Gasteiger partial charge in [0, 0.05) is 19.2 Å². The summed E-state index contributed by atoms with van der Waals surface area (Å²) in [4.78, 5) is 21.3. The van der Waals surface area contributed by atoms with E-state index < -0.39 is 30.3 Å². The number of hydrazine groups is 1. The lowest BCUT2D eigenvalue weighted by Crippen LogP contribution is -2.69. The van der Waals surface area contributed by atoms with Crippen LogP contribution in [0.25, 0.3) is 0 Å². The van der Waals surface area contributed by atoms with Crippen molar-refractivity contribution in [3.8, 4) is 0 Å². The van der Waals surface area contributed by atoms with Crippen molar-refractivity contribution in [2.24, 2.45) is 5.73 Å². The lowest BCUT2D eigenvalue weighted by atomic mass is 9.94. The highest BCUT2D eigenvalue weighted by Crippen LogP contribution is 2.45. The lowest BCUT2D eigenvalue weighted by Gasteiger charge is -2.36. The van der Waals surface area contributed by atoms with Crippen molar-refractivity contribution in [1.82, 2.24) is 16.2 Å². The largest absolute Gasteiger partial charge is 0.420 e. The van der Waals surface area contributed by atoms with E-state index in [1.165, 1.54) is 0 Å². The Balaban J connectivity index is 0. The zero-order valence-corrected chi connectivity index (χ0v) is 17.4. The highest BCUT2D eigenvalue weighted by atomic mass is 19.4. The number of nitrogens with two attached hydrogens (primary N) is 1. The summed E-state index contributed by atoms with van der Waals surface area (Å²) in [5.74, 6) is 0. The number of hydrogen-bond acceptors (Lipinski definition) is 4. The summed E-state index contributed by atoms with van der Waals surface area (Å²) in [7, 11) is 1.12. The molecule has 0 atom stereocenters. The van der Waals surface area contributed by atoms with Crippen molar-refractivity contribution in [2.75, 3.05) is 7.05 Å². The van der Waals surface area contributed by atoms with Gasteiger partial charge in [0.15, 0.2) is 0 Å². The smallest absolute Gasteiger partial charge is 0.326 e. The van der Waals surface area contributed by atoms with E-state index in [-0.39, 0.29) is 0 Å². The van der Waals surface area contributed by atoms with Crippen LogP contribution in [0.3, 0.4) is 0 Å². The van der Waals surface area contributed by atoms with Crippen LogP contribution >= 0.6 is 0 Å². The first kappa shape index (κ1) is 29.9. The Kier molecular flexibility index (Phi) is 13.0. The maximum absolute atomic E-state index is 12.5. The maximum Gasteiger partial charge on any atom is 0.420 e. The van der Waals surface area contributed by atoms with Crippen LogP contribution in [-0.2, 0) is 6.54 Å². The van der Waals surface area contributed by atoms with Gasteiger partial charge >= 0.3 is 18.4 Å². The summed E-state index contributed by atoms with van der Waals surface area (Å²) in [5.41, 5.74) is 7.35. The Labute approximate surface area is 171 Å². The highest BCUT2D eigenvalue weighted by Gasteiger charge is 2.70. The van der Waals surface area contributed by atoms with Gasteiger partial charge in [0.1, 0.15) is 6.29 Å². The number of carbonyl (C=O) groups is 2. The van der Waals surface area contributed by atoms with E-state index in [1.807, 2.05) is 44.4 Å². The first-order valence-electron chi connectivity index (χ1n) is 8.92. The number of rotatable bonds is 5. The van der Waals surface area contributed by atoms with Gasteiger partial charge in [0.2, 0.25) is 5.54 Å². The number of aldehydes is 1. The predicted octanol–water partition coefficient (Wildman–Crippen LogP) is 3.99. The fraction of sp³-hybridized carbons (Fsp3) is 0.556. The number of benzene rings is 1. The summed E-state index contributed by atoms with van der Waals surface area (Å²) in [6.07, 6.45) is -11.8. The van der Waals surface area contributed by atoms with E-state index in [9.17, 15) is 35.9 Å². The van der Waals surface area contributed by atoms with Crippen LogP contribution < -0.4 is 21.9 Å². The summed E-state index contributed by atoms with van der Waals surface area (Å²) in [5, 5.41) is 0.898. The van der Waals surface area contributed by atoms with Gasteiger partial charge < -0.3 is 11.1 Å². The molecule has 0 saturated carbocycles. The van der Waals surface area contributed by atoms with Crippen molar-refractivity contribution < 1.29 is 35.9 Å². The molecule has 6 nitrogen and oxygen atoms in total. The fourth-order valence-corrected chi connectivity index (χ4v) is 2.14. The zero-order valence-electron chi connectivity index (χ0n) is 17.4. The van der Waals surface area contributed by atoms with E-state index in [0.717, 1.165) is 29.8 Å². The molecule has 30 heavy (non-hydrogen) atoms. The third-order valence-corrected chi connectivity index (χ3v) is 3.71. The van der Waals surface area contributed by atoms with E-state index >= 15 is 0 Å². The van der Waals surface area contributed by atoms with Gasteiger partial charge in [-0.25, -0.2) is 10.2 Å². The first-order chi connectivity index (χ1) is 13.8. The monoisotopic (exact) mass is 446 g/mol. The van der Waals surface area contributed by atoms with Gasteiger partial charge in [-0.1, -0.05) is 38.5 Å². The quantitative estimate of drug-likeness (QED) is 0.313. The predicted molar refractivity (Wildman–Crippen MR) is 102 cm³/mol. The number of aryl methyl sites for hydroxylation is 1. The van der Waals surface area contributed by atoms with Crippen molar-refractivity contribution in [1.29, 1.82) is 0 Å². The van der Waals surface area contributed by atoms with Crippen molar-refractivity contribution in [3.63, 3.8) is 0 Å². The minimum absolute atomic E-state index is 0.425. The third-order valence-electron chi connectivity index (χ3n) is 3.71. The van der Waals surface area contributed by atoms with Gasteiger partial charge in [-0.3, -0.25) is 10.2 Å². The van der Waals surface area contributed by atoms with Crippen LogP contribution in [-0.4, -0.2) is 37.3 Å². The second kappa shape index (κ2) is 13.1. The van der Waals surface area contributed by atoms with Gasteiger partial charge in [-0.15, -0.1) is 0 Å². The minimum atomic E-state index is -5.65. The van der Waals surface area contributed by atoms with E-state index in [0.29, 0.717) is 19.0 Å². The molecule has 0 fully saturated rings. The van der Waals surface area contributed by atoms with Gasteiger partial charge in [0.05, 0.1) is 0 Å². The molecule has 12 heteroatoms. The molecule has 1 aromatic rings. The molecule has 5 N–H and O–H groups in total. The normalized spacial score (nSPS) is 11.3. The Morgan fingerprint density at radius 3 is 1.93 bits per heavy atom. The minimum Gasteiger partial charge on any atom is -0.326 e. The Morgan fingerprint density at radius 2 is 1.60 bits per heavy atom. The fourth-order valence-electron chi connectivity index (χ4n) is 2.14. The molecule has 174 valence electrons. The van der Waals surface area contributed by atoms with Gasteiger partial charge in [0.25, 0.3) is 0 Å². The van der Waals surface area contributed by atoms with Crippen LogP contribution in [0.15, 0.2) is 18.2 Å². The van der Waals surface area contributed by atoms with Crippen LogP contribution in [0.2, 0.25) is 0 Å². The summed E-state index contributed by atoms with van der Waals surface area (Å²) in [6, 6.07) is 4.06. The van der Waals surface area contributed by atoms with Crippen molar-refractivity contribution in [3.05, 3.63) is 34.9 Å². The average Bonchev–Trinajstić information content (AvgIpc) is 2.66. The number of carbonyl (C=O) groups excluding carboxylic acids is 2. The molecule has 0 aliphatic rings. The number of amides is 2. The molecule has 0 spiro atoms. The molecular formula is C18H28F6N4O2. The summed E-state index contributed by atoms with van der Waals surface area (Å²) >= 11 is 0. The Bertz CT molecular complexity index is 649. The highest BCUT2D eigenvalue weighted by molar-refractivity contribution is 5.77. The zero-order chi connectivity index (χ0) is 24.2. The molecule has 1 rings (SSSR count). The maximum atomic E-state index is 12.5. The first-order valence-corrected chi connectivity index (χ1v) is 8.92. The molecule has 0 unspecified atom stereocenters. The number of alkyl halides is 6. The lowest BCUT2D eigenvalue weighted by molar-refractivity contribution is -0.304. The molecule has 0 saturated heterocycles. The van der Waals surface area contributed by atoms with Crippen LogP contribution in [0.5, 0.6) is 0 Å². The average molecular weight is 446 g/mol. The Hall–Kier alpha value is -2.34. The van der Waals surface area contributed by atoms with Crippen molar-refractivity contribution >= 4 is 12.3 Å². The second-order valence-corrected chi connectivity index (χ2v) is 5.61. The second-order valence-electron chi connectivity index (χ2n) is 5.61. The molecule has 0 radical (unpaired) electrons. The molecule has 0 aliphatic heterocycles. The van der Waals surface area contributed by atoms with E-state index in [1.54, 1.807) is 5.43 Å². The van der Waals surface area contributed by atoms with Gasteiger partial charge in [-0.05, 0) is 25.0 Å². The number of hydrogen-bond donors (Lipinski definition) is 4. The molecule has 0 aromatic heterocycles. The van der Waals surface area contributed by atoms with Crippen LogP contribution in [0.1, 0.15) is 48.7 Å². The number of nitrogens with one attached hydrogen (secondary N) is 3. The molecule has 1 aromatic carbocycles. The molecular weight excluding hydrogens is 418 g/mol.